The number of anilines is 1. The second kappa shape index (κ2) is 6.55. The first-order chi connectivity index (χ1) is 9.93. The number of aryl methyl sites for hydroxylation is 1. The molecule has 0 radical (unpaired) electrons. The van der Waals surface area contributed by atoms with Gasteiger partial charge in [-0.3, -0.25) is 0 Å². The summed E-state index contributed by atoms with van der Waals surface area (Å²) in [5.74, 6) is 0. The van der Waals surface area contributed by atoms with Crippen LogP contribution in [-0.4, -0.2) is 24.3 Å². The molecular formula is C14H19N3O2S2. The molecule has 1 aromatic heterocycles. The van der Waals surface area contributed by atoms with E-state index in [0.29, 0.717) is 23.0 Å². The summed E-state index contributed by atoms with van der Waals surface area (Å²) < 4.78 is 27.1. The summed E-state index contributed by atoms with van der Waals surface area (Å²) >= 11 is 1.20. The number of hydrogen-bond donors (Lipinski definition) is 1. The van der Waals surface area contributed by atoms with Gasteiger partial charge in [0.25, 0.3) is 10.0 Å². The molecule has 0 spiro atoms. The zero-order chi connectivity index (χ0) is 15.5. The zero-order valence-corrected chi connectivity index (χ0v) is 13.7. The smallest absolute Gasteiger partial charge is 0.254 e. The normalized spacial score (nSPS) is 12.0. The van der Waals surface area contributed by atoms with E-state index >= 15 is 0 Å². The van der Waals surface area contributed by atoms with Crippen LogP contribution in [0.5, 0.6) is 0 Å². The van der Waals surface area contributed by atoms with Crippen LogP contribution in [0.15, 0.2) is 34.7 Å². The maximum Gasteiger partial charge on any atom is 0.254 e. The van der Waals surface area contributed by atoms with E-state index in [1.807, 2.05) is 19.1 Å². The Morgan fingerprint density at radius 3 is 2.48 bits per heavy atom. The van der Waals surface area contributed by atoms with Crippen LogP contribution in [0.2, 0.25) is 0 Å². The van der Waals surface area contributed by atoms with Gasteiger partial charge in [0.2, 0.25) is 0 Å². The molecule has 0 unspecified atom stereocenters. The molecule has 0 aliphatic carbocycles. The number of sulfonamides is 1. The summed E-state index contributed by atoms with van der Waals surface area (Å²) in [6.07, 6.45) is 2.19. The van der Waals surface area contributed by atoms with Crippen LogP contribution in [0.1, 0.15) is 23.9 Å². The second-order valence-electron chi connectivity index (χ2n) is 4.78. The summed E-state index contributed by atoms with van der Waals surface area (Å²) in [5, 5.41) is 0.748. The summed E-state index contributed by atoms with van der Waals surface area (Å²) in [6, 6.07) is 7.27. The van der Waals surface area contributed by atoms with Crippen molar-refractivity contribution in [3.63, 3.8) is 0 Å². The van der Waals surface area contributed by atoms with Crippen molar-refractivity contribution in [3.8, 4) is 0 Å². The van der Waals surface area contributed by atoms with E-state index in [1.54, 1.807) is 19.1 Å². The van der Waals surface area contributed by atoms with Crippen molar-refractivity contribution < 1.29 is 8.42 Å². The lowest BCUT2D eigenvalue weighted by Gasteiger charge is -2.20. The number of nitrogen functional groups attached to an aromatic ring is 1. The third-order valence-corrected chi connectivity index (χ3v) is 6.20. The van der Waals surface area contributed by atoms with Gasteiger partial charge >= 0.3 is 0 Å². The Kier molecular flexibility index (Phi) is 4.97. The van der Waals surface area contributed by atoms with Gasteiger partial charge in [-0.05, 0) is 31.0 Å². The molecule has 2 N–H and O–H groups in total. The molecule has 1 heterocycles. The van der Waals surface area contributed by atoms with Crippen molar-refractivity contribution in [3.05, 3.63) is 41.0 Å². The van der Waals surface area contributed by atoms with Gasteiger partial charge < -0.3 is 5.73 Å². The maximum atomic E-state index is 12.7. The fourth-order valence-corrected chi connectivity index (χ4v) is 4.73. The van der Waals surface area contributed by atoms with Gasteiger partial charge in [-0.25, -0.2) is 13.4 Å². The van der Waals surface area contributed by atoms with Crippen LogP contribution in [0.4, 0.5) is 5.69 Å². The monoisotopic (exact) mass is 325 g/mol. The van der Waals surface area contributed by atoms with E-state index in [-0.39, 0.29) is 0 Å². The van der Waals surface area contributed by atoms with Crippen molar-refractivity contribution in [2.24, 2.45) is 0 Å². The number of aromatic nitrogens is 1. The van der Waals surface area contributed by atoms with Crippen molar-refractivity contribution in [1.82, 2.24) is 9.29 Å². The van der Waals surface area contributed by atoms with E-state index in [0.717, 1.165) is 17.0 Å². The molecule has 7 heteroatoms. The van der Waals surface area contributed by atoms with E-state index in [2.05, 4.69) is 4.98 Å². The first-order valence-corrected chi connectivity index (χ1v) is 8.96. The number of nitrogens with zero attached hydrogens (tertiary/aromatic N) is 2. The van der Waals surface area contributed by atoms with E-state index < -0.39 is 10.0 Å². The molecule has 0 aliphatic rings. The van der Waals surface area contributed by atoms with Crippen LogP contribution in [0.3, 0.4) is 0 Å². The Morgan fingerprint density at radius 2 is 1.95 bits per heavy atom. The van der Waals surface area contributed by atoms with Crippen LogP contribution in [0, 0.1) is 6.92 Å². The molecule has 0 aliphatic heterocycles. The minimum absolute atomic E-state index is 0.295. The maximum absolute atomic E-state index is 12.7. The molecule has 2 aromatic rings. The lowest BCUT2D eigenvalue weighted by atomic mass is 10.2. The van der Waals surface area contributed by atoms with Gasteiger partial charge in [-0.1, -0.05) is 19.1 Å². The molecule has 114 valence electrons. The summed E-state index contributed by atoms with van der Waals surface area (Å²) in [6.45, 7) is 4.58. The Balaban J connectivity index is 2.27. The van der Waals surface area contributed by atoms with Crippen LogP contribution in [-0.2, 0) is 16.6 Å². The number of rotatable bonds is 6. The molecule has 0 saturated heterocycles. The molecular weight excluding hydrogens is 306 g/mol. The third kappa shape index (κ3) is 3.81. The number of benzene rings is 1. The quantitative estimate of drug-likeness (QED) is 0.828. The molecule has 5 nitrogen and oxygen atoms in total. The van der Waals surface area contributed by atoms with Crippen LogP contribution in [0.25, 0.3) is 0 Å². The highest BCUT2D eigenvalue weighted by atomic mass is 32.2. The third-order valence-electron chi connectivity index (χ3n) is 3.01. The molecule has 0 atom stereocenters. The van der Waals surface area contributed by atoms with E-state index in [9.17, 15) is 8.42 Å². The molecule has 0 saturated carbocycles. The van der Waals surface area contributed by atoms with Crippen LogP contribution < -0.4 is 5.73 Å². The van der Waals surface area contributed by atoms with Crippen molar-refractivity contribution in [2.75, 3.05) is 12.3 Å². The topological polar surface area (TPSA) is 76.3 Å². The first kappa shape index (κ1) is 15.9. The fourth-order valence-electron chi connectivity index (χ4n) is 1.95. The standard InChI is InChI=1S/C14H19N3O2S2/c1-3-8-17(10-12-4-6-13(15)7-5-12)21(18,19)14-9-16-11(2)20-14/h4-7,9H,3,8,10,15H2,1-2H3. The minimum Gasteiger partial charge on any atom is -0.399 e. The summed E-state index contributed by atoms with van der Waals surface area (Å²) in [5.41, 5.74) is 7.24. The first-order valence-electron chi connectivity index (χ1n) is 6.70. The lowest BCUT2D eigenvalue weighted by Crippen LogP contribution is -2.30. The van der Waals surface area contributed by atoms with Gasteiger partial charge in [0.15, 0.2) is 4.21 Å². The van der Waals surface area contributed by atoms with Gasteiger partial charge in [0, 0.05) is 18.8 Å². The Bertz CT molecular complexity index is 693. The second-order valence-corrected chi connectivity index (χ2v) is 8.18. The average molecular weight is 325 g/mol. The summed E-state index contributed by atoms with van der Waals surface area (Å²) in [7, 11) is -3.49. The SMILES string of the molecule is CCCN(Cc1ccc(N)cc1)S(=O)(=O)c1cnc(C)s1. The zero-order valence-electron chi connectivity index (χ0n) is 12.1. The fraction of sp³-hybridized carbons (Fsp3) is 0.357. The molecule has 0 bridgehead atoms. The van der Waals surface area contributed by atoms with Crippen molar-refractivity contribution in [1.29, 1.82) is 0 Å². The largest absolute Gasteiger partial charge is 0.399 e. The van der Waals surface area contributed by atoms with Gasteiger partial charge in [0.1, 0.15) is 0 Å². The highest BCUT2D eigenvalue weighted by molar-refractivity contribution is 7.91. The molecule has 21 heavy (non-hydrogen) atoms. The van der Waals surface area contributed by atoms with Crippen molar-refractivity contribution in [2.45, 2.75) is 31.0 Å². The van der Waals surface area contributed by atoms with Gasteiger partial charge in [0.05, 0.1) is 11.2 Å². The Morgan fingerprint density at radius 1 is 1.29 bits per heavy atom. The van der Waals surface area contributed by atoms with Crippen molar-refractivity contribution >= 4 is 27.0 Å². The average Bonchev–Trinajstić information content (AvgIpc) is 2.88. The predicted octanol–water partition coefficient (Wildman–Crippen LogP) is 2.63. The highest BCUT2D eigenvalue weighted by Gasteiger charge is 2.26. The summed E-state index contributed by atoms with van der Waals surface area (Å²) in [4.78, 5) is 4.04. The van der Waals surface area contributed by atoms with Gasteiger partial charge in [-0.2, -0.15) is 4.31 Å². The Labute approximate surface area is 129 Å². The number of hydrogen-bond acceptors (Lipinski definition) is 5. The van der Waals surface area contributed by atoms with Gasteiger partial charge in [-0.15, -0.1) is 11.3 Å². The lowest BCUT2D eigenvalue weighted by molar-refractivity contribution is 0.407. The molecule has 0 amide bonds. The van der Waals surface area contributed by atoms with Crippen LogP contribution >= 0.6 is 11.3 Å². The minimum atomic E-state index is -3.49. The Hall–Kier alpha value is -1.44. The van der Waals surface area contributed by atoms with E-state index in [4.69, 9.17) is 5.73 Å². The highest BCUT2D eigenvalue weighted by Crippen LogP contribution is 2.24. The predicted molar refractivity (Wildman–Crippen MR) is 85.6 cm³/mol. The molecule has 0 fully saturated rings. The molecule has 1 aromatic carbocycles. The number of thiazole rings is 1. The van der Waals surface area contributed by atoms with E-state index in [1.165, 1.54) is 21.8 Å². The molecule has 2 rings (SSSR count). The number of nitrogens with two attached hydrogens (primary N) is 1.